The highest BCUT2D eigenvalue weighted by atomic mass is 32.2. The largest absolute Gasteiger partial charge is 0.337 e. The van der Waals surface area contributed by atoms with E-state index in [2.05, 4.69) is 0 Å². The molecular formula is C23H23FN2O3S. The van der Waals surface area contributed by atoms with Gasteiger partial charge in [0.2, 0.25) is 0 Å². The number of hydrogen-bond acceptors (Lipinski definition) is 3. The molecule has 7 heteroatoms. The van der Waals surface area contributed by atoms with Crippen molar-refractivity contribution < 1.29 is 17.6 Å². The van der Waals surface area contributed by atoms with Gasteiger partial charge in [0, 0.05) is 31.8 Å². The standard InChI is InChI=1S/C23H23FN2O3S/c1-17-9-4-7-14-22(17)26(3)30(28,29)20-12-8-11-18(15-20)23(27)25(2)16-19-10-5-6-13-21(19)24/h4-15H,16H2,1-3H3. The number of hydrogen-bond donors (Lipinski definition) is 0. The van der Waals surface area contributed by atoms with Crippen LogP contribution in [0.1, 0.15) is 21.5 Å². The smallest absolute Gasteiger partial charge is 0.264 e. The van der Waals surface area contributed by atoms with E-state index in [-0.39, 0.29) is 17.0 Å². The molecule has 30 heavy (non-hydrogen) atoms. The van der Waals surface area contributed by atoms with Gasteiger partial charge in [-0.1, -0.05) is 42.5 Å². The van der Waals surface area contributed by atoms with Gasteiger partial charge in [0.05, 0.1) is 10.6 Å². The van der Waals surface area contributed by atoms with E-state index < -0.39 is 21.7 Å². The molecule has 0 atom stereocenters. The van der Waals surface area contributed by atoms with Crippen molar-refractivity contribution in [3.05, 3.63) is 95.3 Å². The number of sulfonamides is 1. The average molecular weight is 427 g/mol. The van der Waals surface area contributed by atoms with Crippen LogP contribution in [-0.2, 0) is 16.6 Å². The fourth-order valence-corrected chi connectivity index (χ4v) is 4.47. The van der Waals surface area contributed by atoms with Crippen LogP contribution in [0.25, 0.3) is 0 Å². The SMILES string of the molecule is Cc1ccccc1N(C)S(=O)(=O)c1cccc(C(=O)N(C)Cc2ccccc2F)c1. The van der Waals surface area contributed by atoms with E-state index in [0.717, 1.165) is 5.56 Å². The third kappa shape index (κ3) is 4.36. The molecule has 3 rings (SSSR count). The lowest BCUT2D eigenvalue weighted by Crippen LogP contribution is -2.29. The first-order chi connectivity index (χ1) is 14.2. The second kappa shape index (κ2) is 8.67. The summed E-state index contributed by atoms with van der Waals surface area (Å²) in [5, 5.41) is 0. The molecule has 0 aliphatic carbocycles. The van der Waals surface area contributed by atoms with Crippen LogP contribution >= 0.6 is 0 Å². The monoisotopic (exact) mass is 426 g/mol. The molecule has 0 unspecified atom stereocenters. The molecule has 0 aliphatic heterocycles. The van der Waals surface area contributed by atoms with Gasteiger partial charge < -0.3 is 4.90 Å². The van der Waals surface area contributed by atoms with Crippen LogP contribution < -0.4 is 4.31 Å². The topological polar surface area (TPSA) is 57.7 Å². The first-order valence-electron chi connectivity index (χ1n) is 9.35. The molecule has 5 nitrogen and oxygen atoms in total. The zero-order valence-electron chi connectivity index (χ0n) is 17.0. The molecule has 0 saturated heterocycles. The van der Waals surface area contributed by atoms with Gasteiger partial charge in [-0.15, -0.1) is 0 Å². The number of rotatable bonds is 6. The van der Waals surface area contributed by atoms with Crippen molar-refractivity contribution in [2.24, 2.45) is 0 Å². The molecule has 3 aromatic carbocycles. The third-order valence-corrected chi connectivity index (χ3v) is 6.67. The zero-order valence-corrected chi connectivity index (χ0v) is 17.9. The summed E-state index contributed by atoms with van der Waals surface area (Å²) in [7, 11) is -0.826. The van der Waals surface area contributed by atoms with Crippen molar-refractivity contribution in [3.8, 4) is 0 Å². The molecular weight excluding hydrogens is 403 g/mol. The van der Waals surface area contributed by atoms with Crippen molar-refractivity contribution in [1.82, 2.24) is 4.90 Å². The number of para-hydroxylation sites is 1. The van der Waals surface area contributed by atoms with Crippen LogP contribution in [-0.4, -0.2) is 33.3 Å². The quantitative estimate of drug-likeness (QED) is 0.593. The van der Waals surface area contributed by atoms with Gasteiger partial charge in [-0.05, 0) is 42.8 Å². The Labute approximate surface area is 176 Å². The molecule has 156 valence electrons. The van der Waals surface area contributed by atoms with Gasteiger partial charge in [-0.3, -0.25) is 9.10 Å². The van der Waals surface area contributed by atoms with Crippen molar-refractivity contribution in [3.63, 3.8) is 0 Å². The van der Waals surface area contributed by atoms with Gasteiger partial charge in [0.15, 0.2) is 0 Å². The Hall–Kier alpha value is -3.19. The minimum Gasteiger partial charge on any atom is -0.337 e. The lowest BCUT2D eigenvalue weighted by atomic mass is 10.1. The van der Waals surface area contributed by atoms with Crippen LogP contribution in [0.3, 0.4) is 0 Å². The molecule has 1 amide bonds. The predicted molar refractivity (Wildman–Crippen MR) is 115 cm³/mol. The second-order valence-electron chi connectivity index (χ2n) is 7.04. The number of nitrogens with zero attached hydrogens (tertiary/aromatic N) is 2. The summed E-state index contributed by atoms with van der Waals surface area (Å²) in [5.41, 5.74) is 1.98. The number of aryl methyl sites for hydroxylation is 1. The van der Waals surface area contributed by atoms with Crippen LogP contribution in [0.15, 0.2) is 77.7 Å². The highest BCUT2D eigenvalue weighted by molar-refractivity contribution is 7.92. The van der Waals surface area contributed by atoms with Crippen molar-refractivity contribution in [2.45, 2.75) is 18.4 Å². The molecule has 0 aromatic heterocycles. The van der Waals surface area contributed by atoms with E-state index in [1.54, 1.807) is 43.4 Å². The second-order valence-corrected chi connectivity index (χ2v) is 9.01. The molecule has 0 aliphatic rings. The first kappa shape index (κ1) is 21.5. The number of carbonyl (C=O) groups excluding carboxylic acids is 1. The van der Waals surface area contributed by atoms with Gasteiger partial charge in [0.25, 0.3) is 15.9 Å². The van der Waals surface area contributed by atoms with E-state index in [0.29, 0.717) is 11.3 Å². The van der Waals surface area contributed by atoms with E-state index in [9.17, 15) is 17.6 Å². The number of carbonyl (C=O) groups is 1. The third-order valence-electron chi connectivity index (χ3n) is 4.91. The summed E-state index contributed by atoms with van der Waals surface area (Å²) in [6, 6.07) is 19.3. The molecule has 0 bridgehead atoms. The molecule has 3 aromatic rings. The summed E-state index contributed by atoms with van der Waals surface area (Å²) in [6.07, 6.45) is 0. The van der Waals surface area contributed by atoms with E-state index in [1.807, 2.05) is 19.1 Å². The van der Waals surface area contributed by atoms with Gasteiger partial charge >= 0.3 is 0 Å². The van der Waals surface area contributed by atoms with Crippen LogP contribution in [0.4, 0.5) is 10.1 Å². The van der Waals surface area contributed by atoms with Crippen LogP contribution in [0.5, 0.6) is 0 Å². The minimum atomic E-state index is -3.86. The number of amides is 1. The lowest BCUT2D eigenvalue weighted by Gasteiger charge is -2.22. The van der Waals surface area contributed by atoms with Crippen molar-refractivity contribution >= 4 is 21.6 Å². The summed E-state index contributed by atoms with van der Waals surface area (Å²) >= 11 is 0. The Morgan fingerprint density at radius 3 is 2.30 bits per heavy atom. The van der Waals surface area contributed by atoms with Crippen molar-refractivity contribution in [1.29, 1.82) is 0 Å². The van der Waals surface area contributed by atoms with E-state index in [1.165, 1.54) is 40.5 Å². The number of anilines is 1. The summed E-state index contributed by atoms with van der Waals surface area (Å²) < 4.78 is 41.3. The Morgan fingerprint density at radius 1 is 0.933 bits per heavy atom. The molecule has 0 radical (unpaired) electrons. The Kier molecular flexibility index (Phi) is 6.22. The van der Waals surface area contributed by atoms with Crippen molar-refractivity contribution in [2.75, 3.05) is 18.4 Å². The molecule has 0 fully saturated rings. The fraction of sp³-hybridized carbons (Fsp3) is 0.174. The maximum atomic E-state index is 13.9. The average Bonchev–Trinajstić information content (AvgIpc) is 2.74. The maximum absolute atomic E-state index is 13.9. The predicted octanol–water partition coefficient (Wildman–Crippen LogP) is 4.23. The molecule has 0 saturated carbocycles. The minimum absolute atomic E-state index is 0.0124. The van der Waals surface area contributed by atoms with Gasteiger partial charge in [0.1, 0.15) is 5.82 Å². The van der Waals surface area contributed by atoms with E-state index >= 15 is 0 Å². The van der Waals surface area contributed by atoms with Gasteiger partial charge in [-0.25, -0.2) is 12.8 Å². The number of halogens is 1. The Balaban J connectivity index is 1.87. The fourth-order valence-electron chi connectivity index (χ4n) is 3.17. The maximum Gasteiger partial charge on any atom is 0.264 e. The summed E-state index contributed by atoms with van der Waals surface area (Å²) in [4.78, 5) is 14.2. The Morgan fingerprint density at radius 2 is 1.60 bits per heavy atom. The molecule has 0 spiro atoms. The van der Waals surface area contributed by atoms with Gasteiger partial charge in [-0.2, -0.15) is 0 Å². The summed E-state index contributed by atoms with van der Waals surface area (Å²) in [5.74, 6) is -0.790. The lowest BCUT2D eigenvalue weighted by molar-refractivity contribution is 0.0783. The molecule has 0 N–H and O–H groups in total. The highest BCUT2D eigenvalue weighted by Gasteiger charge is 2.24. The summed E-state index contributed by atoms with van der Waals surface area (Å²) in [6.45, 7) is 1.91. The first-order valence-corrected chi connectivity index (χ1v) is 10.8. The van der Waals surface area contributed by atoms with E-state index in [4.69, 9.17) is 0 Å². The molecule has 0 heterocycles. The van der Waals surface area contributed by atoms with Crippen LogP contribution in [0.2, 0.25) is 0 Å². The zero-order chi connectivity index (χ0) is 21.9. The normalized spacial score (nSPS) is 11.2. The highest BCUT2D eigenvalue weighted by Crippen LogP contribution is 2.25. The Bertz CT molecular complexity index is 1180. The van der Waals surface area contributed by atoms with Crippen LogP contribution in [0, 0.1) is 12.7 Å². The number of benzene rings is 3.